The lowest BCUT2D eigenvalue weighted by Gasteiger charge is -2.43. The van der Waals surface area contributed by atoms with Gasteiger partial charge in [-0.3, -0.25) is 4.79 Å². The summed E-state index contributed by atoms with van der Waals surface area (Å²) >= 11 is 6.08. The van der Waals surface area contributed by atoms with Crippen LogP contribution in [0, 0.1) is 13.8 Å². The number of fused-ring (bicyclic) bond motifs is 1. The van der Waals surface area contributed by atoms with Crippen molar-refractivity contribution in [3.8, 4) is 5.75 Å². The van der Waals surface area contributed by atoms with E-state index in [2.05, 4.69) is 0 Å². The Balaban J connectivity index is 1.55. The lowest BCUT2D eigenvalue weighted by Crippen LogP contribution is -2.52. The SMILES string of the molecule is Cc1ccc(S(=O)(=O)N2CCC3(CC2)CC(=O)c2cc(Cl)cc(C)c2O3)cc1. The van der Waals surface area contributed by atoms with Crippen molar-refractivity contribution in [2.75, 3.05) is 13.1 Å². The second kappa shape index (κ2) is 6.87. The van der Waals surface area contributed by atoms with Gasteiger partial charge < -0.3 is 4.74 Å². The van der Waals surface area contributed by atoms with Crippen molar-refractivity contribution < 1.29 is 17.9 Å². The van der Waals surface area contributed by atoms with Crippen molar-refractivity contribution in [2.24, 2.45) is 0 Å². The van der Waals surface area contributed by atoms with Crippen LogP contribution in [0.4, 0.5) is 0 Å². The Hall–Kier alpha value is -1.89. The topological polar surface area (TPSA) is 63.7 Å². The smallest absolute Gasteiger partial charge is 0.243 e. The molecule has 0 atom stereocenters. The van der Waals surface area contributed by atoms with Crippen LogP contribution in [0.2, 0.25) is 5.02 Å². The number of hydrogen-bond acceptors (Lipinski definition) is 4. The first kappa shape index (κ1) is 19.4. The zero-order valence-corrected chi connectivity index (χ0v) is 17.4. The number of carbonyl (C=O) groups excluding carboxylic acids is 1. The van der Waals surface area contributed by atoms with E-state index >= 15 is 0 Å². The maximum atomic E-state index is 12.9. The van der Waals surface area contributed by atoms with Gasteiger partial charge in [0.25, 0.3) is 0 Å². The first-order chi connectivity index (χ1) is 13.2. The zero-order valence-electron chi connectivity index (χ0n) is 15.9. The van der Waals surface area contributed by atoms with Gasteiger partial charge >= 0.3 is 0 Å². The molecule has 1 saturated heterocycles. The Bertz CT molecular complexity index is 1040. The molecule has 1 fully saturated rings. The van der Waals surface area contributed by atoms with Crippen LogP contribution in [0.1, 0.15) is 40.7 Å². The first-order valence-electron chi connectivity index (χ1n) is 9.29. The van der Waals surface area contributed by atoms with Crippen molar-refractivity contribution in [1.82, 2.24) is 4.31 Å². The number of Topliss-reactive ketones (excluding diaryl/α,β-unsaturated/α-hetero) is 1. The molecule has 28 heavy (non-hydrogen) atoms. The molecule has 0 saturated carbocycles. The normalized spacial score (nSPS) is 19.3. The summed E-state index contributed by atoms with van der Waals surface area (Å²) < 4.78 is 33.6. The molecule has 5 nitrogen and oxygen atoms in total. The molecule has 0 N–H and O–H groups in total. The maximum Gasteiger partial charge on any atom is 0.243 e. The third kappa shape index (κ3) is 3.34. The van der Waals surface area contributed by atoms with Gasteiger partial charge in [0, 0.05) is 31.0 Å². The summed E-state index contributed by atoms with van der Waals surface area (Å²) in [5, 5.41) is 0.517. The van der Waals surface area contributed by atoms with E-state index in [9.17, 15) is 13.2 Å². The van der Waals surface area contributed by atoms with E-state index in [1.807, 2.05) is 13.8 Å². The average Bonchev–Trinajstić information content (AvgIpc) is 2.64. The summed E-state index contributed by atoms with van der Waals surface area (Å²) in [7, 11) is -3.55. The minimum Gasteiger partial charge on any atom is -0.486 e. The van der Waals surface area contributed by atoms with Crippen molar-refractivity contribution >= 4 is 27.4 Å². The number of aryl methyl sites for hydroxylation is 2. The molecule has 2 aromatic carbocycles. The molecule has 4 rings (SSSR count). The molecule has 148 valence electrons. The molecule has 0 amide bonds. The highest BCUT2D eigenvalue weighted by Gasteiger charge is 2.45. The molecule has 0 aliphatic carbocycles. The second-order valence-corrected chi connectivity index (χ2v) is 10.1. The van der Waals surface area contributed by atoms with Crippen molar-refractivity contribution in [2.45, 2.75) is 43.6 Å². The predicted octanol–water partition coefficient (Wildman–Crippen LogP) is 4.15. The maximum absolute atomic E-state index is 12.9. The number of nitrogens with zero attached hydrogens (tertiary/aromatic N) is 1. The Labute approximate surface area is 170 Å². The molecule has 0 bridgehead atoms. The number of ether oxygens (including phenoxy) is 1. The number of sulfonamides is 1. The largest absolute Gasteiger partial charge is 0.486 e. The van der Waals surface area contributed by atoms with Crippen LogP contribution in [0.15, 0.2) is 41.3 Å². The number of halogens is 1. The van der Waals surface area contributed by atoms with Crippen molar-refractivity contribution in [1.29, 1.82) is 0 Å². The number of carbonyl (C=O) groups is 1. The highest BCUT2D eigenvalue weighted by atomic mass is 35.5. The van der Waals surface area contributed by atoms with Crippen molar-refractivity contribution in [3.05, 3.63) is 58.1 Å². The Morgan fingerprint density at radius 2 is 1.71 bits per heavy atom. The van der Waals surface area contributed by atoms with Crippen molar-refractivity contribution in [3.63, 3.8) is 0 Å². The van der Waals surface area contributed by atoms with E-state index in [4.69, 9.17) is 16.3 Å². The van der Waals surface area contributed by atoms with E-state index < -0.39 is 15.6 Å². The fourth-order valence-electron chi connectivity index (χ4n) is 3.99. The predicted molar refractivity (Wildman–Crippen MR) is 108 cm³/mol. The Morgan fingerprint density at radius 3 is 2.36 bits per heavy atom. The van der Waals surface area contributed by atoms with Gasteiger partial charge in [-0.2, -0.15) is 4.31 Å². The van der Waals surface area contributed by atoms with Gasteiger partial charge in [0.15, 0.2) is 5.78 Å². The van der Waals surface area contributed by atoms with Crippen LogP contribution in [0.3, 0.4) is 0 Å². The highest BCUT2D eigenvalue weighted by molar-refractivity contribution is 7.89. The van der Waals surface area contributed by atoms with Gasteiger partial charge in [-0.1, -0.05) is 29.3 Å². The Morgan fingerprint density at radius 1 is 1.07 bits per heavy atom. The zero-order chi connectivity index (χ0) is 20.1. The lowest BCUT2D eigenvalue weighted by molar-refractivity contribution is 0.00536. The van der Waals surface area contributed by atoms with Gasteiger partial charge in [0.2, 0.25) is 10.0 Å². The van der Waals surface area contributed by atoms with Crippen LogP contribution in [-0.4, -0.2) is 37.2 Å². The molecular weight excluding hydrogens is 398 g/mol. The average molecular weight is 420 g/mol. The highest BCUT2D eigenvalue weighted by Crippen LogP contribution is 2.42. The summed E-state index contributed by atoms with van der Waals surface area (Å²) in [5.41, 5.74) is 1.71. The Kier molecular flexibility index (Phi) is 4.76. The third-order valence-corrected chi connectivity index (χ3v) is 7.76. The van der Waals surface area contributed by atoms with Crippen LogP contribution in [0.25, 0.3) is 0 Å². The standard InChI is InChI=1S/C21H22ClNO4S/c1-14-3-5-17(6-4-14)28(25,26)23-9-7-21(8-10-23)13-19(24)18-12-16(22)11-15(2)20(18)27-21/h3-6,11-12H,7-10,13H2,1-2H3. The van der Waals surface area contributed by atoms with Crippen LogP contribution in [-0.2, 0) is 10.0 Å². The van der Waals surface area contributed by atoms with E-state index in [1.165, 1.54) is 4.31 Å². The molecule has 0 radical (unpaired) electrons. The third-order valence-electron chi connectivity index (χ3n) is 5.63. The summed E-state index contributed by atoms with van der Waals surface area (Å²) in [4.78, 5) is 13.0. The summed E-state index contributed by atoms with van der Waals surface area (Å²) in [6.45, 7) is 4.44. The van der Waals surface area contributed by atoms with E-state index in [1.54, 1.807) is 36.4 Å². The summed E-state index contributed by atoms with van der Waals surface area (Å²) in [6.07, 6.45) is 1.20. The second-order valence-electron chi connectivity index (χ2n) is 7.70. The molecule has 7 heteroatoms. The number of piperidine rings is 1. The molecule has 1 spiro atoms. The summed E-state index contributed by atoms with van der Waals surface area (Å²) in [5.74, 6) is 0.581. The number of hydrogen-bond donors (Lipinski definition) is 0. The minimum absolute atomic E-state index is 0.00157. The van der Waals surface area contributed by atoms with Gasteiger partial charge in [0.05, 0.1) is 16.9 Å². The molecule has 2 aliphatic rings. The van der Waals surface area contributed by atoms with Gasteiger partial charge in [-0.25, -0.2) is 8.42 Å². The van der Waals surface area contributed by atoms with Gasteiger partial charge in [-0.15, -0.1) is 0 Å². The molecule has 2 aromatic rings. The fraction of sp³-hybridized carbons (Fsp3) is 0.381. The molecule has 0 unspecified atom stereocenters. The van der Waals surface area contributed by atoms with E-state index in [0.29, 0.717) is 47.2 Å². The molecular formula is C21H22ClNO4S. The van der Waals surface area contributed by atoms with Crippen LogP contribution in [0.5, 0.6) is 5.75 Å². The molecule has 0 aromatic heterocycles. The summed E-state index contributed by atoms with van der Waals surface area (Å²) in [6, 6.07) is 10.3. The number of benzene rings is 2. The molecule has 2 aliphatic heterocycles. The van der Waals surface area contributed by atoms with Gasteiger partial charge in [0.1, 0.15) is 11.4 Å². The minimum atomic E-state index is -3.55. The van der Waals surface area contributed by atoms with E-state index in [-0.39, 0.29) is 12.2 Å². The van der Waals surface area contributed by atoms with E-state index in [0.717, 1.165) is 11.1 Å². The number of rotatable bonds is 2. The fourth-order valence-corrected chi connectivity index (χ4v) is 5.70. The van der Waals surface area contributed by atoms with Gasteiger partial charge in [-0.05, 0) is 43.7 Å². The lowest BCUT2D eigenvalue weighted by atomic mass is 9.82. The first-order valence-corrected chi connectivity index (χ1v) is 11.1. The monoisotopic (exact) mass is 419 g/mol. The quantitative estimate of drug-likeness (QED) is 0.733. The van der Waals surface area contributed by atoms with Crippen LogP contribution >= 0.6 is 11.6 Å². The van der Waals surface area contributed by atoms with Crippen LogP contribution < -0.4 is 4.74 Å². The molecule has 2 heterocycles. The number of ketones is 1.